The molecule has 17 heavy (non-hydrogen) atoms. The van der Waals surface area contributed by atoms with Crippen LogP contribution >= 0.6 is 0 Å². The second-order valence-electron chi connectivity index (χ2n) is 3.92. The normalized spacial score (nSPS) is 10.2. The predicted octanol–water partition coefficient (Wildman–Crippen LogP) is 3.30. The summed E-state index contributed by atoms with van der Waals surface area (Å²) in [6.07, 6.45) is 0. The number of hydrogen-bond acceptors (Lipinski definition) is 2. The number of para-hydroxylation sites is 2. The Kier molecular flexibility index (Phi) is 3.28. The Labute approximate surface area is 99.8 Å². The summed E-state index contributed by atoms with van der Waals surface area (Å²) in [7, 11) is 0. The lowest BCUT2D eigenvalue weighted by molar-refractivity contribution is 0.301. The average Bonchev–Trinajstić information content (AvgIpc) is 2.30. The van der Waals surface area contributed by atoms with Crippen LogP contribution in [0.5, 0.6) is 5.75 Å². The Balaban J connectivity index is 2.10. The maximum Gasteiger partial charge on any atom is 0.142 e. The van der Waals surface area contributed by atoms with E-state index in [4.69, 9.17) is 10.5 Å². The topological polar surface area (TPSA) is 35.2 Å². The summed E-state index contributed by atoms with van der Waals surface area (Å²) in [4.78, 5) is 0. The Bertz CT molecular complexity index is 525. The minimum Gasteiger partial charge on any atom is -0.487 e. The SMILES string of the molecule is Cc1ccc(COc2ccccc2N)c(F)c1. The molecule has 0 unspecified atom stereocenters. The van der Waals surface area contributed by atoms with Crippen molar-refractivity contribution in [2.75, 3.05) is 5.73 Å². The largest absolute Gasteiger partial charge is 0.487 e. The number of rotatable bonds is 3. The number of nitrogen functional groups attached to an aromatic ring is 1. The van der Waals surface area contributed by atoms with Gasteiger partial charge in [0.15, 0.2) is 0 Å². The van der Waals surface area contributed by atoms with Gasteiger partial charge in [0, 0.05) is 5.56 Å². The second-order valence-corrected chi connectivity index (χ2v) is 3.92. The zero-order valence-corrected chi connectivity index (χ0v) is 9.61. The Morgan fingerprint density at radius 1 is 1.18 bits per heavy atom. The maximum absolute atomic E-state index is 13.5. The van der Waals surface area contributed by atoms with E-state index in [0.717, 1.165) is 5.56 Å². The molecule has 2 aromatic rings. The Morgan fingerprint density at radius 2 is 1.94 bits per heavy atom. The molecule has 3 heteroatoms. The van der Waals surface area contributed by atoms with Crippen molar-refractivity contribution in [2.45, 2.75) is 13.5 Å². The maximum atomic E-state index is 13.5. The molecule has 2 aromatic carbocycles. The highest BCUT2D eigenvalue weighted by Crippen LogP contribution is 2.21. The number of aryl methyl sites for hydroxylation is 1. The Morgan fingerprint density at radius 3 is 2.65 bits per heavy atom. The van der Waals surface area contributed by atoms with Gasteiger partial charge in [0.1, 0.15) is 18.2 Å². The fourth-order valence-corrected chi connectivity index (χ4v) is 1.54. The lowest BCUT2D eigenvalue weighted by Crippen LogP contribution is -2.00. The first-order valence-electron chi connectivity index (χ1n) is 5.39. The molecule has 0 saturated heterocycles. The standard InChI is InChI=1S/C14H14FNO/c1-10-6-7-11(12(15)8-10)9-17-14-5-3-2-4-13(14)16/h2-8H,9,16H2,1H3. The third-order valence-corrected chi connectivity index (χ3v) is 2.51. The Hall–Kier alpha value is -2.03. The van der Waals surface area contributed by atoms with Crippen molar-refractivity contribution >= 4 is 5.69 Å². The third-order valence-electron chi connectivity index (χ3n) is 2.51. The van der Waals surface area contributed by atoms with Crippen LogP contribution in [0.15, 0.2) is 42.5 Å². The van der Waals surface area contributed by atoms with Gasteiger partial charge in [-0.3, -0.25) is 0 Å². The van der Waals surface area contributed by atoms with Crippen LogP contribution in [0.4, 0.5) is 10.1 Å². The molecule has 0 radical (unpaired) electrons. The van der Waals surface area contributed by atoms with Crippen LogP contribution < -0.4 is 10.5 Å². The first kappa shape index (κ1) is 11.5. The molecule has 0 aromatic heterocycles. The molecule has 0 aliphatic carbocycles. The molecule has 0 spiro atoms. The molecule has 2 nitrogen and oxygen atoms in total. The zero-order valence-electron chi connectivity index (χ0n) is 9.61. The molecule has 0 aliphatic heterocycles. The summed E-state index contributed by atoms with van der Waals surface area (Å²) < 4.78 is 19.0. The van der Waals surface area contributed by atoms with E-state index in [2.05, 4.69) is 0 Å². The second kappa shape index (κ2) is 4.87. The van der Waals surface area contributed by atoms with E-state index in [9.17, 15) is 4.39 Å². The summed E-state index contributed by atoms with van der Waals surface area (Å²) in [5.74, 6) is 0.326. The summed E-state index contributed by atoms with van der Waals surface area (Å²) in [6.45, 7) is 2.03. The molecule has 0 heterocycles. The third kappa shape index (κ3) is 2.75. The van der Waals surface area contributed by atoms with Crippen molar-refractivity contribution in [3.63, 3.8) is 0 Å². The van der Waals surface area contributed by atoms with Gasteiger partial charge in [-0.2, -0.15) is 0 Å². The van der Waals surface area contributed by atoms with Gasteiger partial charge in [0.25, 0.3) is 0 Å². The summed E-state index contributed by atoms with van der Waals surface area (Å²) in [6, 6.07) is 12.3. The molecule has 88 valence electrons. The summed E-state index contributed by atoms with van der Waals surface area (Å²) in [5, 5.41) is 0. The van der Waals surface area contributed by atoms with Crippen LogP contribution in [-0.4, -0.2) is 0 Å². The van der Waals surface area contributed by atoms with Crippen LogP contribution in [-0.2, 0) is 6.61 Å². The fourth-order valence-electron chi connectivity index (χ4n) is 1.54. The number of ether oxygens (including phenoxy) is 1. The lowest BCUT2D eigenvalue weighted by Gasteiger charge is -2.09. The first-order chi connectivity index (χ1) is 8.16. The van der Waals surface area contributed by atoms with Crippen LogP contribution in [0.25, 0.3) is 0 Å². The number of benzene rings is 2. The predicted molar refractivity (Wildman–Crippen MR) is 66.3 cm³/mol. The monoisotopic (exact) mass is 231 g/mol. The van der Waals surface area contributed by atoms with E-state index in [0.29, 0.717) is 17.0 Å². The molecule has 0 bridgehead atoms. The van der Waals surface area contributed by atoms with E-state index < -0.39 is 0 Å². The first-order valence-corrected chi connectivity index (χ1v) is 5.39. The van der Waals surface area contributed by atoms with Crippen molar-refractivity contribution < 1.29 is 9.13 Å². The van der Waals surface area contributed by atoms with Gasteiger partial charge in [0.2, 0.25) is 0 Å². The van der Waals surface area contributed by atoms with Gasteiger partial charge < -0.3 is 10.5 Å². The highest BCUT2D eigenvalue weighted by atomic mass is 19.1. The molecule has 0 aliphatic rings. The molecule has 2 N–H and O–H groups in total. The molecule has 0 saturated carbocycles. The number of nitrogens with two attached hydrogens (primary N) is 1. The van der Waals surface area contributed by atoms with Crippen molar-refractivity contribution in [3.8, 4) is 5.75 Å². The van der Waals surface area contributed by atoms with E-state index in [1.807, 2.05) is 25.1 Å². The minimum absolute atomic E-state index is 0.181. The van der Waals surface area contributed by atoms with Crippen molar-refractivity contribution in [1.82, 2.24) is 0 Å². The number of hydrogen-bond donors (Lipinski definition) is 1. The van der Waals surface area contributed by atoms with Gasteiger partial charge in [0.05, 0.1) is 5.69 Å². The van der Waals surface area contributed by atoms with E-state index in [1.165, 1.54) is 6.07 Å². The van der Waals surface area contributed by atoms with Crippen molar-refractivity contribution in [1.29, 1.82) is 0 Å². The highest BCUT2D eigenvalue weighted by Gasteiger charge is 2.04. The van der Waals surface area contributed by atoms with Crippen LogP contribution in [0, 0.1) is 12.7 Å². The average molecular weight is 231 g/mol. The molecule has 0 amide bonds. The quantitative estimate of drug-likeness (QED) is 0.822. The number of halogens is 1. The molecular formula is C14H14FNO. The van der Waals surface area contributed by atoms with E-state index >= 15 is 0 Å². The van der Waals surface area contributed by atoms with Crippen molar-refractivity contribution in [3.05, 3.63) is 59.4 Å². The zero-order chi connectivity index (χ0) is 12.3. The van der Waals surface area contributed by atoms with E-state index in [-0.39, 0.29) is 12.4 Å². The van der Waals surface area contributed by atoms with Gasteiger partial charge in [-0.1, -0.05) is 24.3 Å². The lowest BCUT2D eigenvalue weighted by atomic mass is 10.1. The molecule has 2 rings (SSSR count). The molecule has 0 fully saturated rings. The van der Waals surface area contributed by atoms with Gasteiger partial charge >= 0.3 is 0 Å². The van der Waals surface area contributed by atoms with Gasteiger partial charge in [-0.05, 0) is 30.7 Å². The van der Waals surface area contributed by atoms with E-state index in [1.54, 1.807) is 18.2 Å². The fraction of sp³-hybridized carbons (Fsp3) is 0.143. The summed E-state index contributed by atoms with van der Waals surface area (Å²) in [5.41, 5.74) is 7.70. The highest BCUT2D eigenvalue weighted by molar-refractivity contribution is 5.51. The van der Waals surface area contributed by atoms with Gasteiger partial charge in [-0.25, -0.2) is 4.39 Å². The van der Waals surface area contributed by atoms with Crippen LogP contribution in [0.2, 0.25) is 0 Å². The van der Waals surface area contributed by atoms with Gasteiger partial charge in [-0.15, -0.1) is 0 Å². The molecular weight excluding hydrogens is 217 g/mol. The van der Waals surface area contributed by atoms with Crippen LogP contribution in [0.1, 0.15) is 11.1 Å². The number of anilines is 1. The smallest absolute Gasteiger partial charge is 0.142 e. The van der Waals surface area contributed by atoms with Crippen LogP contribution in [0.3, 0.4) is 0 Å². The van der Waals surface area contributed by atoms with Crippen molar-refractivity contribution in [2.24, 2.45) is 0 Å². The summed E-state index contributed by atoms with van der Waals surface area (Å²) >= 11 is 0. The molecule has 0 atom stereocenters. The minimum atomic E-state index is -0.250.